The van der Waals surface area contributed by atoms with Gasteiger partial charge in [-0.2, -0.15) is 0 Å². The monoisotopic (exact) mass is 244 g/mol. The van der Waals surface area contributed by atoms with E-state index in [-0.39, 0.29) is 11.4 Å². The molecule has 0 saturated heterocycles. The summed E-state index contributed by atoms with van der Waals surface area (Å²) in [5, 5.41) is 8.88. The first-order valence-corrected chi connectivity index (χ1v) is 5.76. The summed E-state index contributed by atoms with van der Waals surface area (Å²) in [6.45, 7) is 3.23. The number of carbonyl (C=O) groups excluding carboxylic acids is 1. The number of ketones is 1. The second-order valence-electron chi connectivity index (χ2n) is 3.87. The van der Waals surface area contributed by atoms with Gasteiger partial charge in [0, 0.05) is 11.1 Å². The molecule has 0 aliphatic heterocycles. The van der Waals surface area contributed by atoms with Crippen molar-refractivity contribution in [1.29, 1.82) is 0 Å². The lowest BCUT2D eigenvalue weighted by atomic mass is 10.0. The molecule has 3 heteroatoms. The topological polar surface area (TPSA) is 54.4 Å². The number of hydrogen-bond acceptors (Lipinski definition) is 2. The van der Waals surface area contributed by atoms with E-state index in [9.17, 15) is 9.59 Å². The Kier molecular flexibility index (Phi) is 5.06. The van der Waals surface area contributed by atoms with Crippen LogP contribution in [-0.2, 0) is 9.59 Å². The van der Waals surface area contributed by atoms with Crippen LogP contribution in [0.25, 0.3) is 6.08 Å². The third-order valence-corrected chi connectivity index (χ3v) is 2.65. The van der Waals surface area contributed by atoms with Gasteiger partial charge in [-0.05, 0) is 25.0 Å². The molecule has 0 unspecified atom stereocenters. The van der Waals surface area contributed by atoms with Crippen LogP contribution in [0.3, 0.4) is 0 Å². The molecule has 0 aliphatic carbocycles. The molecule has 0 fully saturated rings. The first kappa shape index (κ1) is 13.9. The van der Waals surface area contributed by atoms with Crippen LogP contribution in [0.5, 0.6) is 0 Å². The van der Waals surface area contributed by atoms with Gasteiger partial charge in [-0.1, -0.05) is 43.3 Å². The molecule has 0 aliphatic rings. The zero-order valence-electron chi connectivity index (χ0n) is 10.5. The van der Waals surface area contributed by atoms with Crippen molar-refractivity contribution in [2.24, 2.45) is 0 Å². The Morgan fingerprint density at radius 2 is 1.83 bits per heavy atom. The second-order valence-corrected chi connectivity index (χ2v) is 3.87. The van der Waals surface area contributed by atoms with Crippen LogP contribution >= 0.6 is 0 Å². The number of allylic oxidation sites excluding steroid dienone is 2. The minimum absolute atomic E-state index is 0.111. The number of benzene rings is 1. The van der Waals surface area contributed by atoms with Crippen LogP contribution in [0, 0.1) is 0 Å². The summed E-state index contributed by atoms with van der Waals surface area (Å²) in [6.07, 6.45) is 3.52. The highest BCUT2D eigenvalue weighted by Crippen LogP contribution is 2.12. The van der Waals surface area contributed by atoms with Crippen molar-refractivity contribution in [2.45, 2.75) is 20.3 Å². The van der Waals surface area contributed by atoms with Gasteiger partial charge in [0.15, 0.2) is 5.78 Å². The minimum atomic E-state index is -1.05. The van der Waals surface area contributed by atoms with Crippen molar-refractivity contribution in [3.63, 3.8) is 0 Å². The molecule has 1 rings (SSSR count). The summed E-state index contributed by atoms with van der Waals surface area (Å²) >= 11 is 0. The van der Waals surface area contributed by atoms with Crippen molar-refractivity contribution in [2.75, 3.05) is 0 Å². The Hall–Kier alpha value is -2.16. The van der Waals surface area contributed by atoms with Gasteiger partial charge >= 0.3 is 5.97 Å². The van der Waals surface area contributed by atoms with E-state index in [2.05, 4.69) is 0 Å². The molecule has 0 atom stereocenters. The highest BCUT2D eigenvalue weighted by atomic mass is 16.4. The quantitative estimate of drug-likeness (QED) is 0.810. The first-order valence-electron chi connectivity index (χ1n) is 5.76. The van der Waals surface area contributed by atoms with E-state index in [0.29, 0.717) is 12.0 Å². The van der Waals surface area contributed by atoms with E-state index in [4.69, 9.17) is 5.11 Å². The van der Waals surface area contributed by atoms with Gasteiger partial charge in [-0.25, -0.2) is 4.79 Å². The Morgan fingerprint density at radius 1 is 1.22 bits per heavy atom. The van der Waals surface area contributed by atoms with Crippen molar-refractivity contribution in [3.05, 3.63) is 53.1 Å². The molecule has 1 aromatic rings. The van der Waals surface area contributed by atoms with Crippen LogP contribution in [0.15, 0.2) is 47.6 Å². The fourth-order valence-electron chi connectivity index (χ4n) is 1.59. The van der Waals surface area contributed by atoms with E-state index in [0.717, 1.165) is 5.56 Å². The largest absolute Gasteiger partial charge is 0.478 e. The van der Waals surface area contributed by atoms with E-state index in [1.165, 1.54) is 13.0 Å². The Balaban J connectivity index is 2.91. The molecular formula is C15H16O3. The maximum absolute atomic E-state index is 11.9. The van der Waals surface area contributed by atoms with Crippen molar-refractivity contribution in [3.8, 4) is 0 Å². The summed E-state index contributed by atoms with van der Waals surface area (Å²) in [7, 11) is 0. The minimum Gasteiger partial charge on any atom is -0.478 e. The van der Waals surface area contributed by atoms with Crippen molar-refractivity contribution in [1.82, 2.24) is 0 Å². The van der Waals surface area contributed by atoms with Gasteiger partial charge in [0.05, 0.1) is 0 Å². The zero-order chi connectivity index (χ0) is 13.5. The smallest absolute Gasteiger partial charge is 0.331 e. The predicted molar refractivity (Wildman–Crippen MR) is 71.1 cm³/mol. The average Bonchev–Trinajstić information content (AvgIpc) is 2.38. The molecule has 0 heterocycles. The molecule has 0 aromatic heterocycles. The molecule has 0 amide bonds. The number of carboxylic acid groups (broad SMARTS) is 1. The van der Waals surface area contributed by atoms with Gasteiger partial charge in [0.25, 0.3) is 0 Å². The number of rotatable bonds is 5. The first-order chi connectivity index (χ1) is 8.56. The highest BCUT2D eigenvalue weighted by Gasteiger charge is 2.12. The lowest BCUT2D eigenvalue weighted by Crippen LogP contribution is -2.07. The van der Waals surface area contributed by atoms with E-state index < -0.39 is 5.97 Å². The summed E-state index contributed by atoms with van der Waals surface area (Å²) in [6, 6.07) is 9.41. The second kappa shape index (κ2) is 6.55. The van der Waals surface area contributed by atoms with Gasteiger partial charge in [-0.3, -0.25) is 4.79 Å². The lowest BCUT2D eigenvalue weighted by molar-refractivity contribution is -0.133. The number of hydrogen-bond donors (Lipinski definition) is 1. The van der Waals surface area contributed by atoms with Gasteiger partial charge in [0.1, 0.15) is 0 Å². The average molecular weight is 244 g/mol. The van der Waals surface area contributed by atoms with Crippen molar-refractivity contribution >= 4 is 17.8 Å². The normalized spacial score (nSPS) is 12.3. The lowest BCUT2D eigenvalue weighted by Gasteiger charge is -2.02. The van der Waals surface area contributed by atoms with E-state index in [1.807, 2.05) is 30.3 Å². The molecule has 0 saturated carbocycles. The fourth-order valence-corrected chi connectivity index (χ4v) is 1.59. The Morgan fingerprint density at radius 3 is 2.33 bits per heavy atom. The van der Waals surface area contributed by atoms with Gasteiger partial charge in [-0.15, -0.1) is 0 Å². The molecule has 18 heavy (non-hydrogen) atoms. The van der Waals surface area contributed by atoms with Crippen LogP contribution in [-0.4, -0.2) is 16.9 Å². The fraction of sp³-hybridized carbons (Fsp3) is 0.200. The van der Waals surface area contributed by atoms with Crippen LogP contribution in [0.4, 0.5) is 0 Å². The zero-order valence-corrected chi connectivity index (χ0v) is 10.5. The Bertz CT molecular complexity index is 496. The Labute approximate surface area is 106 Å². The van der Waals surface area contributed by atoms with Crippen LogP contribution in [0.1, 0.15) is 25.8 Å². The van der Waals surface area contributed by atoms with Crippen LogP contribution in [0.2, 0.25) is 0 Å². The highest BCUT2D eigenvalue weighted by molar-refractivity contribution is 6.10. The molecule has 0 spiro atoms. The van der Waals surface area contributed by atoms with Gasteiger partial charge < -0.3 is 5.11 Å². The summed E-state index contributed by atoms with van der Waals surface area (Å²) in [5.41, 5.74) is 1.36. The molecule has 94 valence electrons. The van der Waals surface area contributed by atoms with Crippen molar-refractivity contribution < 1.29 is 14.7 Å². The van der Waals surface area contributed by atoms with Gasteiger partial charge in [0.2, 0.25) is 0 Å². The third kappa shape index (κ3) is 3.70. The molecular weight excluding hydrogens is 228 g/mol. The summed E-state index contributed by atoms with van der Waals surface area (Å²) < 4.78 is 0. The maximum atomic E-state index is 11.9. The SMILES string of the molecule is CC/C(C(=O)/C=C/c1ccccc1)=C(/C)C(=O)O. The molecule has 0 radical (unpaired) electrons. The predicted octanol–water partition coefficient (Wildman–Crippen LogP) is 3.08. The van der Waals surface area contributed by atoms with Crippen LogP contribution < -0.4 is 0 Å². The molecule has 1 N–H and O–H groups in total. The summed E-state index contributed by atoms with van der Waals surface area (Å²) in [4.78, 5) is 22.7. The standard InChI is InChI=1S/C15H16O3/c1-3-13(11(2)15(17)18)14(16)10-9-12-7-5-4-6-8-12/h4-10H,3H2,1-2H3,(H,17,18)/b10-9+,13-11+. The molecule has 0 bridgehead atoms. The summed E-state index contributed by atoms with van der Waals surface area (Å²) in [5.74, 6) is -1.30. The number of carboxylic acids is 1. The molecule has 1 aromatic carbocycles. The van der Waals surface area contributed by atoms with E-state index >= 15 is 0 Å². The van der Waals surface area contributed by atoms with E-state index in [1.54, 1.807) is 13.0 Å². The third-order valence-electron chi connectivity index (χ3n) is 2.65. The number of carbonyl (C=O) groups is 2. The molecule has 3 nitrogen and oxygen atoms in total. The number of aliphatic carboxylic acids is 1. The maximum Gasteiger partial charge on any atom is 0.331 e.